The summed E-state index contributed by atoms with van der Waals surface area (Å²) in [5.74, 6) is 1.39. The van der Waals surface area contributed by atoms with Crippen LogP contribution in [0.15, 0.2) is 45.1 Å². The van der Waals surface area contributed by atoms with Crippen molar-refractivity contribution >= 4 is 27.0 Å². The van der Waals surface area contributed by atoms with Crippen molar-refractivity contribution in [1.82, 2.24) is 10.1 Å². The molecule has 0 atom stereocenters. The first kappa shape index (κ1) is 16.5. The monoisotopic (exact) mass is 365 g/mol. The molecule has 126 valence electrons. The van der Waals surface area contributed by atoms with Gasteiger partial charge in [-0.25, -0.2) is 8.42 Å². The molecule has 7 nitrogen and oxygen atoms in total. The summed E-state index contributed by atoms with van der Waals surface area (Å²) in [4.78, 5) is 4.85. The Bertz CT molecular complexity index is 930. The number of ether oxygens (including phenoxy) is 1. The SMILES string of the molecule is CCOc1ccc(S(=O)(=O)Nc2ccsc2-c2nc(C)no2)cc1. The minimum absolute atomic E-state index is 0.143. The van der Waals surface area contributed by atoms with Gasteiger partial charge in [0.25, 0.3) is 15.9 Å². The Morgan fingerprint density at radius 2 is 2.00 bits per heavy atom. The highest BCUT2D eigenvalue weighted by molar-refractivity contribution is 7.92. The maximum absolute atomic E-state index is 12.5. The number of nitrogens with one attached hydrogen (secondary N) is 1. The fourth-order valence-corrected chi connectivity index (χ4v) is 3.94. The molecule has 0 saturated carbocycles. The molecule has 24 heavy (non-hydrogen) atoms. The van der Waals surface area contributed by atoms with Gasteiger partial charge in [0.1, 0.15) is 10.6 Å². The Hall–Kier alpha value is -2.39. The summed E-state index contributed by atoms with van der Waals surface area (Å²) >= 11 is 1.32. The number of aromatic nitrogens is 2. The van der Waals surface area contributed by atoms with E-state index in [0.29, 0.717) is 28.7 Å². The zero-order valence-electron chi connectivity index (χ0n) is 13.0. The van der Waals surface area contributed by atoms with E-state index in [1.165, 1.54) is 23.5 Å². The molecule has 0 amide bonds. The molecule has 0 radical (unpaired) electrons. The molecule has 0 spiro atoms. The number of rotatable bonds is 6. The van der Waals surface area contributed by atoms with Gasteiger partial charge < -0.3 is 9.26 Å². The number of thiophene rings is 1. The van der Waals surface area contributed by atoms with Crippen LogP contribution in [0.3, 0.4) is 0 Å². The second kappa shape index (κ2) is 6.62. The van der Waals surface area contributed by atoms with Crippen LogP contribution in [0.4, 0.5) is 5.69 Å². The van der Waals surface area contributed by atoms with Gasteiger partial charge in [0.2, 0.25) is 0 Å². The molecular formula is C15H15N3O4S2. The van der Waals surface area contributed by atoms with Gasteiger partial charge >= 0.3 is 0 Å². The lowest BCUT2D eigenvalue weighted by Crippen LogP contribution is -2.12. The summed E-state index contributed by atoms with van der Waals surface area (Å²) in [7, 11) is -3.73. The Morgan fingerprint density at radius 1 is 1.25 bits per heavy atom. The van der Waals surface area contributed by atoms with Crippen LogP contribution in [0.5, 0.6) is 5.75 Å². The Labute approximate surface area is 143 Å². The normalized spacial score (nSPS) is 11.4. The maximum atomic E-state index is 12.5. The third kappa shape index (κ3) is 3.41. The second-order valence-corrected chi connectivity index (χ2v) is 7.42. The van der Waals surface area contributed by atoms with E-state index in [-0.39, 0.29) is 10.8 Å². The number of hydrogen-bond acceptors (Lipinski definition) is 7. The highest BCUT2D eigenvalue weighted by Gasteiger charge is 2.20. The molecule has 1 aromatic carbocycles. The molecule has 0 fully saturated rings. The summed E-state index contributed by atoms with van der Waals surface area (Å²) < 4.78 is 38.1. The molecule has 1 N–H and O–H groups in total. The summed E-state index contributed by atoms with van der Waals surface area (Å²) in [5.41, 5.74) is 0.400. The second-order valence-electron chi connectivity index (χ2n) is 4.82. The highest BCUT2D eigenvalue weighted by Crippen LogP contribution is 2.34. The average molecular weight is 365 g/mol. The first-order chi connectivity index (χ1) is 11.5. The van der Waals surface area contributed by atoms with Crippen molar-refractivity contribution in [3.05, 3.63) is 41.5 Å². The highest BCUT2D eigenvalue weighted by atomic mass is 32.2. The van der Waals surface area contributed by atoms with Crippen LogP contribution in [-0.4, -0.2) is 25.2 Å². The van der Waals surface area contributed by atoms with Crippen LogP contribution >= 0.6 is 11.3 Å². The molecule has 2 aromatic heterocycles. The summed E-state index contributed by atoms with van der Waals surface area (Å²) in [6.45, 7) is 4.08. The van der Waals surface area contributed by atoms with Crippen LogP contribution in [0, 0.1) is 6.92 Å². The predicted octanol–water partition coefficient (Wildman–Crippen LogP) is 3.31. The topological polar surface area (TPSA) is 94.3 Å². The molecule has 0 aliphatic carbocycles. The summed E-state index contributed by atoms with van der Waals surface area (Å²) in [5, 5.41) is 5.48. The number of anilines is 1. The van der Waals surface area contributed by atoms with Crippen molar-refractivity contribution in [2.75, 3.05) is 11.3 Å². The number of sulfonamides is 1. The molecule has 0 saturated heterocycles. The van der Waals surface area contributed by atoms with Crippen molar-refractivity contribution in [2.24, 2.45) is 0 Å². The Balaban J connectivity index is 1.86. The van der Waals surface area contributed by atoms with E-state index in [1.807, 2.05) is 6.92 Å². The first-order valence-electron chi connectivity index (χ1n) is 7.13. The largest absolute Gasteiger partial charge is 0.494 e. The molecule has 0 bridgehead atoms. The Morgan fingerprint density at radius 3 is 2.62 bits per heavy atom. The number of nitrogens with zero attached hydrogens (tertiary/aromatic N) is 2. The van der Waals surface area contributed by atoms with E-state index in [1.54, 1.807) is 30.5 Å². The smallest absolute Gasteiger partial charge is 0.270 e. The minimum atomic E-state index is -3.73. The van der Waals surface area contributed by atoms with Gasteiger partial charge in [-0.3, -0.25) is 4.72 Å². The molecule has 3 aromatic rings. The quantitative estimate of drug-likeness (QED) is 0.720. The standard InChI is InChI=1S/C15H15N3O4S2/c1-3-21-11-4-6-12(7-5-11)24(19,20)18-13-8-9-23-14(13)15-16-10(2)17-22-15/h4-9,18H,3H2,1-2H3. The van der Waals surface area contributed by atoms with Gasteiger partial charge in [0, 0.05) is 0 Å². The van der Waals surface area contributed by atoms with Gasteiger partial charge in [-0.05, 0) is 49.6 Å². The maximum Gasteiger partial charge on any atom is 0.270 e. The van der Waals surface area contributed by atoms with Crippen molar-refractivity contribution in [1.29, 1.82) is 0 Å². The molecule has 0 aliphatic rings. The third-order valence-electron chi connectivity index (χ3n) is 3.08. The van der Waals surface area contributed by atoms with Crippen LogP contribution < -0.4 is 9.46 Å². The van der Waals surface area contributed by atoms with Crippen LogP contribution in [-0.2, 0) is 10.0 Å². The van der Waals surface area contributed by atoms with Gasteiger partial charge in [-0.15, -0.1) is 11.3 Å². The van der Waals surface area contributed by atoms with Gasteiger partial charge in [0.05, 0.1) is 17.2 Å². The molecule has 9 heteroatoms. The van der Waals surface area contributed by atoms with E-state index in [9.17, 15) is 8.42 Å². The number of benzene rings is 1. The molecule has 3 rings (SSSR count). The van der Waals surface area contributed by atoms with Crippen LogP contribution in [0.1, 0.15) is 12.7 Å². The average Bonchev–Trinajstić information content (AvgIpc) is 3.16. The summed E-state index contributed by atoms with van der Waals surface area (Å²) in [6, 6.07) is 7.89. The Kier molecular flexibility index (Phi) is 4.54. The number of aryl methyl sites for hydroxylation is 1. The van der Waals surface area contributed by atoms with E-state index in [4.69, 9.17) is 9.26 Å². The fourth-order valence-electron chi connectivity index (χ4n) is 2.03. The van der Waals surface area contributed by atoms with E-state index in [2.05, 4.69) is 14.9 Å². The molecular weight excluding hydrogens is 350 g/mol. The zero-order valence-corrected chi connectivity index (χ0v) is 14.6. The third-order valence-corrected chi connectivity index (χ3v) is 5.36. The van der Waals surface area contributed by atoms with Crippen molar-refractivity contribution in [3.8, 4) is 16.5 Å². The number of hydrogen-bond donors (Lipinski definition) is 1. The van der Waals surface area contributed by atoms with Crippen molar-refractivity contribution in [3.63, 3.8) is 0 Å². The van der Waals surface area contributed by atoms with Gasteiger partial charge in [0.15, 0.2) is 5.82 Å². The first-order valence-corrected chi connectivity index (χ1v) is 9.50. The van der Waals surface area contributed by atoms with Crippen LogP contribution in [0.25, 0.3) is 10.8 Å². The van der Waals surface area contributed by atoms with Crippen LogP contribution in [0.2, 0.25) is 0 Å². The van der Waals surface area contributed by atoms with E-state index >= 15 is 0 Å². The molecule has 0 aliphatic heterocycles. The minimum Gasteiger partial charge on any atom is -0.494 e. The predicted molar refractivity (Wildman–Crippen MR) is 90.8 cm³/mol. The van der Waals surface area contributed by atoms with E-state index in [0.717, 1.165) is 0 Å². The molecule has 2 heterocycles. The lowest BCUT2D eigenvalue weighted by molar-refractivity contribution is 0.340. The lowest BCUT2D eigenvalue weighted by Gasteiger charge is -2.09. The van der Waals surface area contributed by atoms with Gasteiger partial charge in [-0.1, -0.05) is 5.16 Å². The lowest BCUT2D eigenvalue weighted by atomic mass is 10.3. The zero-order chi connectivity index (χ0) is 17.2. The fraction of sp³-hybridized carbons (Fsp3) is 0.200. The van der Waals surface area contributed by atoms with Crippen molar-refractivity contribution < 1.29 is 17.7 Å². The molecule has 0 unspecified atom stereocenters. The van der Waals surface area contributed by atoms with Gasteiger partial charge in [-0.2, -0.15) is 4.98 Å². The van der Waals surface area contributed by atoms with Crippen molar-refractivity contribution in [2.45, 2.75) is 18.7 Å². The summed E-state index contributed by atoms with van der Waals surface area (Å²) in [6.07, 6.45) is 0. The van der Waals surface area contributed by atoms with E-state index < -0.39 is 10.0 Å².